The molecular weight excluding hydrogens is 202 g/mol. The van der Waals surface area contributed by atoms with E-state index in [2.05, 4.69) is 19.0 Å². The summed E-state index contributed by atoms with van der Waals surface area (Å²) < 4.78 is 0. The van der Waals surface area contributed by atoms with Crippen LogP contribution >= 0.6 is 12.4 Å². The molecule has 0 unspecified atom stereocenters. The number of hydrogen-bond acceptors (Lipinski definition) is 2. The molecule has 0 amide bonds. The van der Waals surface area contributed by atoms with Crippen LogP contribution in [0.2, 0.25) is 0 Å². The van der Waals surface area contributed by atoms with E-state index in [-0.39, 0.29) is 18.3 Å². The minimum atomic E-state index is -0.608. The molecular formula is C10H20ClNO2. The first-order valence-electron chi connectivity index (χ1n) is 4.97. The fraction of sp³-hybridized carbons (Fsp3) is 0.900. The largest absolute Gasteiger partial charge is 0.481 e. The number of rotatable bonds is 3. The zero-order valence-electron chi connectivity index (χ0n) is 8.90. The van der Waals surface area contributed by atoms with Gasteiger partial charge in [-0.1, -0.05) is 0 Å². The molecule has 1 aliphatic carbocycles. The van der Waals surface area contributed by atoms with E-state index in [4.69, 9.17) is 5.11 Å². The van der Waals surface area contributed by atoms with Crippen LogP contribution < -0.4 is 0 Å². The molecule has 1 aliphatic rings. The van der Waals surface area contributed by atoms with E-state index in [0.29, 0.717) is 5.92 Å². The first-order valence-corrected chi connectivity index (χ1v) is 4.97. The van der Waals surface area contributed by atoms with Gasteiger partial charge in [0.2, 0.25) is 0 Å². The number of carbonyl (C=O) groups is 1. The predicted octanol–water partition coefficient (Wildman–Crippen LogP) is 1.86. The van der Waals surface area contributed by atoms with E-state index in [1.165, 1.54) is 0 Å². The van der Waals surface area contributed by atoms with Gasteiger partial charge in [0.05, 0.1) is 5.92 Å². The first kappa shape index (κ1) is 13.7. The number of carboxylic acid groups (broad SMARTS) is 1. The second-order valence-electron chi connectivity index (χ2n) is 4.32. The second-order valence-corrected chi connectivity index (χ2v) is 4.32. The lowest BCUT2D eigenvalue weighted by molar-refractivity contribution is -0.143. The van der Waals surface area contributed by atoms with Gasteiger partial charge in [0.15, 0.2) is 0 Å². The maximum Gasteiger partial charge on any atom is 0.306 e. The summed E-state index contributed by atoms with van der Waals surface area (Å²) in [4.78, 5) is 12.9. The second kappa shape index (κ2) is 6.25. The number of carboxylic acids is 1. The van der Waals surface area contributed by atoms with Gasteiger partial charge in [-0.2, -0.15) is 0 Å². The Kier molecular flexibility index (Phi) is 6.12. The van der Waals surface area contributed by atoms with E-state index < -0.39 is 5.97 Å². The molecule has 0 heterocycles. The highest BCUT2D eigenvalue weighted by Gasteiger charge is 2.25. The fourth-order valence-corrected chi connectivity index (χ4v) is 2.11. The lowest BCUT2D eigenvalue weighted by Crippen LogP contribution is -2.28. The molecule has 0 atom stereocenters. The van der Waals surface area contributed by atoms with E-state index in [1.807, 2.05) is 0 Å². The molecule has 1 fully saturated rings. The molecule has 0 bridgehead atoms. The zero-order valence-corrected chi connectivity index (χ0v) is 9.72. The summed E-state index contributed by atoms with van der Waals surface area (Å²) in [5.41, 5.74) is 0. The highest BCUT2D eigenvalue weighted by molar-refractivity contribution is 5.85. The summed E-state index contributed by atoms with van der Waals surface area (Å²) in [6, 6.07) is 0. The van der Waals surface area contributed by atoms with Gasteiger partial charge in [-0.05, 0) is 45.7 Å². The van der Waals surface area contributed by atoms with Crippen LogP contribution in [0.3, 0.4) is 0 Å². The van der Waals surface area contributed by atoms with Crippen molar-refractivity contribution in [3.63, 3.8) is 0 Å². The summed E-state index contributed by atoms with van der Waals surface area (Å²) in [5.74, 6) is 0.0346. The number of halogens is 1. The average Bonchev–Trinajstić information content (AvgIpc) is 2.04. The Bertz CT molecular complexity index is 177. The average molecular weight is 222 g/mol. The molecule has 3 nitrogen and oxygen atoms in total. The van der Waals surface area contributed by atoms with Gasteiger partial charge in [0.25, 0.3) is 0 Å². The van der Waals surface area contributed by atoms with Crippen molar-refractivity contribution in [3.8, 4) is 0 Å². The number of hydrogen-bond donors (Lipinski definition) is 1. The molecule has 1 saturated carbocycles. The van der Waals surface area contributed by atoms with Gasteiger partial charge in [-0.25, -0.2) is 0 Å². The predicted molar refractivity (Wildman–Crippen MR) is 58.9 cm³/mol. The van der Waals surface area contributed by atoms with Crippen molar-refractivity contribution in [1.82, 2.24) is 4.90 Å². The van der Waals surface area contributed by atoms with Gasteiger partial charge in [0, 0.05) is 6.54 Å². The standard InChI is InChI=1S/C10H19NO2.ClH/c1-11(2)7-8-3-5-9(6-4-8)10(12)13;/h8-9H,3-7H2,1-2H3,(H,12,13);1H. The van der Waals surface area contributed by atoms with Crippen LogP contribution in [-0.4, -0.2) is 36.6 Å². The SMILES string of the molecule is CN(C)CC1CCC(C(=O)O)CC1.Cl. The Balaban J connectivity index is 0.00000169. The van der Waals surface area contributed by atoms with Crippen LogP contribution in [0.5, 0.6) is 0 Å². The molecule has 1 N–H and O–H groups in total. The lowest BCUT2D eigenvalue weighted by Gasteiger charge is -2.28. The van der Waals surface area contributed by atoms with Crippen LogP contribution in [0.25, 0.3) is 0 Å². The summed E-state index contributed by atoms with van der Waals surface area (Å²) in [6.07, 6.45) is 3.89. The minimum Gasteiger partial charge on any atom is -0.481 e. The van der Waals surface area contributed by atoms with Crippen molar-refractivity contribution < 1.29 is 9.90 Å². The molecule has 0 aromatic heterocycles. The van der Waals surface area contributed by atoms with Crippen molar-refractivity contribution in [2.45, 2.75) is 25.7 Å². The molecule has 0 radical (unpaired) electrons. The van der Waals surface area contributed by atoms with Crippen LogP contribution in [0.4, 0.5) is 0 Å². The van der Waals surface area contributed by atoms with Gasteiger partial charge >= 0.3 is 5.97 Å². The van der Waals surface area contributed by atoms with Crippen molar-refractivity contribution in [2.75, 3.05) is 20.6 Å². The molecule has 14 heavy (non-hydrogen) atoms. The quantitative estimate of drug-likeness (QED) is 0.791. The van der Waals surface area contributed by atoms with Crippen molar-refractivity contribution >= 4 is 18.4 Å². The summed E-state index contributed by atoms with van der Waals surface area (Å²) in [7, 11) is 4.15. The molecule has 1 rings (SSSR count). The van der Waals surface area contributed by atoms with Gasteiger partial charge in [-0.3, -0.25) is 4.79 Å². The lowest BCUT2D eigenvalue weighted by atomic mass is 9.82. The van der Waals surface area contributed by atoms with Crippen molar-refractivity contribution in [3.05, 3.63) is 0 Å². The van der Waals surface area contributed by atoms with Crippen molar-refractivity contribution in [1.29, 1.82) is 0 Å². The molecule has 0 saturated heterocycles. The van der Waals surface area contributed by atoms with E-state index >= 15 is 0 Å². The normalized spacial score (nSPS) is 27.1. The van der Waals surface area contributed by atoms with Gasteiger partial charge in [-0.15, -0.1) is 12.4 Å². The molecule has 0 aromatic carbocycles. The third-order valence-electron chi connectivity index (χ3n) is 2.82. The number of aliphatic carboxylic acids is 1. The Labute approximate surface area is 91.9 Å². The summed E-state index contributed by atoms with van der Waals surface area (Å²) in [6.45, 7) is 1.10. The van der Waals surface area contributed by atoms with Gasteiger partial charge < -0.3 is 10.0 Å². The maximum atomic E-state index is 10.7. The molecule has 4 heteroatoms. The van der Waals surface area contributed by atoms with Crippen molar-refractivity contribution in [2.24, 2.45) is 11.8 Å². The third-order valence-corrected chi connectivity index (χ3v) is 2.82. The smallest absolute Gasteiger partial charge is 0.306 e. The topological polar surface area (TPSA) is 40.5 Å². The molecule has 0 aromatic rings. The monoisotopic (exact) mass is 221 g/mol. The Morgan fingerprint density at radius 1 is 1.29 bits per heavy atom. The Morgan fingerprint density at radius 2 is 1.79 bits per heavy atom. The maximum absolute atomic E-state index is 10.7. The van der Waals surface area contributed by atoms with E-state index in [1.54, 1.807) is 0 Å². The Morgan fingerprint density at radius 3 is 2.14 bits per heavy atom. The van der Waals surface area contributed by atoms with Gasteiger partial charge in [0.1, 0.15) is 0 Å². The highest BCUT2D eigenvalue weighted by atomic mass is 35.5. The highest BCUT2D eigenvalue weighted by Crippen LogP contribution is 2.28. The zero-order chi connectivity index (χ0) is 9.84. The van der Waals surface area contributed by atoms with E-state index in [9.17, 15) is 4.79 Å². The van der Waals surface area contributed by atoms with Crippen LogP contribution in [0.15, 0.2) is 0 Å². The third kappa shape index (κ3) is 4.29. The number of nitrogens with zero attached hydrogens (tertiary/aromatic N) is 1. The van der Waals surface area contributed by atoms with Crippen LogP contribution in [0, 0.1) is 11.8 Å². The molecule has 0 spiro atoms. The van der Waals surface area contributed by atoms with Crippen LogP contribution in [0.1, 0.15) is 25.7 Å². The minimum absolute atomic E-state index is 0. The van der Waals surface area contributed by atoms with E-state index in [0.717, 1.165) is 32.2 Å². The first-order chi connectivity index (χ1) is 6.09. The fourth-order valence-electron chi connectivity index (χ4n) is 2.11. The summed E-state index contributed by atoms with van der Waals surface area (Å²) in [5, 5.41) is 8.80. The van der Waals surface area contributed by atoms with Crippen LogP contribution in [-0.2, 0) is 4.79 Å². The summed E-state index contributed by atoms with van der Waals surface area (Å²) >= 11 is 0. The molecule has 84 valence electrons. The Hall–Kier alpha value is -0.280. The molecule has 0 aliphatic heterocycles.